The van der Waals surface area contributed by atoms with Crippen LogP contribution in [0.15, 0.2) is 42.5 Å². The first-order valence-electron chi connectivity index (χ1n) is 6.39. The first-order chi connectivity index (χ1) is 10.2. The minimum absolute atomic E-state index is 0.202. The highest BCUT2D eigenvalue weighted by Gasteiger charge is 2.38. The number of halogens is 2. The van der Waals surface area contributed by atoms with E-state index in [2.05, 4.69) is 0 Å². The lowest BCUT2D eigenvalue weighted by Gasteiger charge is -2.20. The standard InChI is InChI=1S/C16H11Cl2NO2/c17-8-10-4-3-5-11(9-18)14(10)19-15(20)12-6-1-2-7-13(12)16(19)21/h1-7H,8-9H2. The number of hydrogen-bond donors (Lipinski definition) is 0. The van der Waals surface area contributed by atoms with Crippen LogP contribution >= 0.6 is 23.2 Å². The van der Waals surface area contributed by atoms with Crippen molar-refractivity contribution in [3.8, 4) is 0 Å². The number of amides is 2. The first-order valence-corrected chi connectivity index (χ1v) is 7.46. The Morgan fingerprint density at radius 3 is 1.67 bits per heavy atom. The Hall–Kier alpha value is -1.84. The van der Waals surface area contributed by atoms with E-state index in [1.54, 1.807) is 36.4 Å². The number of anilines is 1. The Balaban J connectivity index is 2.20. The maximum atomic E-state index is 12.6. The summed E-state index contributed by atoms with van der Waals surface area (Å²) in [6.45, 7) is 0. The average Bonchev–Trinajstić information content (AvgIpc) is 2.78. The van der Waals surface area contributed by atoms with Gasteiger partial charge in [0, 0.05) is 11.8 Å². The Kier molecular flexibility index (Phi) is 3.70. The molecule has 1 heterocycles. The molecule has 1 aliphatic heterocycles. The topological polar surface area (TPSA) is 37.4 Å². The van der Waals surface area contributed by atoms with Gasteiger partial charge in [0.2, 0.25) is 0 Å². The number of rotatable bonds is 3. The number of carbonyl (C=O) groups is 2. The van der Waals surface area contributed by atoms with Crippen LogP contribution in [0.4, 0.5) is 5.69 Å². The van der Waals surface area contributed by atoms with Crippen molar-refractivity contribution in [2.75, 3.05) is 4.90 Å². The molecule has 2 aromatic carbocycles. The maximum absolute atomic E-state index is 12.6. The van der Waals surface area contributed by atoms with Crippen molar-refractivity contribution < 1.29 is 9.59 Å². The van der Waals surface area contributed by atoms with E-state index in [4.69, 9.17) is 23.2 Å². The number of alkyl halides is 2. The van der Waals surface area contributed by atoms with Crippen LogP contribution in [0.5, 0.6) is 0 Å². The van der Waals surface area contributed by atoms with Gasteiger partial charge >= 0.3 is 0 Å². The van der Waals surface area contributed by atoms with E-state index < -0.39 is 0 Å². The molecule has 3 rings (SSSR count). The fraction of sp³-hybridized carbons (Fsp3) is 0.125. The molecule has 0 N–H and O–H groups in total. The number of fused-ring (bicyclic) bond motifs is 1. The molecule has 0 aromatic heterocycles. The van der Waals surface area contributed by atoms with E-state index in [0.29, 0.717) is 27.9 Å². The molecule has 0 bridgehead atoms. The molecule has 0 saturated heterocycles. The minimum Gasteiger partial charge on any atom is -0.268 e. The third-order valence-corrected chi connectivity index (χ3v) is 4.08. The third-order valence-electron chi connectivity index (χ3n) is 3.51. The summed E-state index contributed by atoms with van der Waals surface area (Å²) >= 11 is 11.9. The van der Waals surface area contributed by atoms with Crippen LogP contribution in [0.2, 0.25) is 0 Å². The number of benzene rings is 2. The highest BCUT2D eigenvalue weighted by atomic mass is 35.5. The molecule has 3 nitrogen and oxygen atoms in total. The number of imide groups is 1. The molecule has 0 fully saturated rings. The van der Waals surface area contributed by atoms with Gasteiger partial charge in [-0.3, -0.25) is 9.59 Å². The van der Waals surface area contributed by atoms with E-state index in [-0.39, 0.29) is 23.6 Å². The molecule has 0 radical (unpaired) electrons. The van der Waals surface area contributed by atoms with Gasteiger partial charge in [0.1, 0.15) is 0 Å². The van der Waals surface area contributed by atoms with E-state index in [9.17, 15) is 9.59 Å². The monoisotopic (exact) mass is 319 g/mol. The molecule has 0 atom stereocenters. The Morgan fingerprint density at radius 2 is 1.24 bits per heavy atom. The Bertz CT molecular complexity index is 686. The number of carbonyl (C=O) groups excluding carboxylic acids is 2. The summed E-state index contributed by atoms with van der Waals surface area (Å²) < 4.78 is 0. The summed E-state index contributed by atoms with van der Waals surface area (Å²) in [5, 5.41) is 0. The molecular weight excluding hydrogens is 309 g/mol. The van der Waals surface area contributed by atoms with Gasteiger partial charge in [-0.1, -0.05) is 30.3 Å². The summed E-state index contributed by atoms with van der Waals surface area (Å²) in [5.74, 6) is -0.264. The molecule has 1 aliphatic rings. The fourth-order valence-corrected chi connectivity index (χ4v) is 2.97. The van der Waals surface area contributed by atoms with E-state index >= 15 is 0 Å². The van der Waals surface area contributed by atoms with E-state index in [1.807, 2.05) is 6.07 Å². The second-order valence-corrected chi connectivity index (χ2v) is 5.22. The fourth-order valence-electron chi connectivity index (χ4n) is 2.54. The summed E-state index contributed by atoms with van der Waals surface area (Å²) in [5.41, 5.74) is 2.75. The molecule has 2 aromatic rings. The van der Waals surface area contributed by atoms with Gasteiger partial charge in [0.05, 0.1) is 16.8 Å². The van der Waals surface area contributed by atoms with Crippen LogP contribution in [0, 0.1) is 0 Å². The lowest BCUT2D eigenvalue weighted by molar-refractivity contribution is 0.0925. The summed E-state index contributed by atoms with van der Waals surface area (Å²) in [6.07, 6.45) is 0. The number of para-hydroxylation sites is 1. The molecule has 0 saturated carbocycles. The van der Waals surface area contributed by atoms with Gasteiger partial charge in [-0.15, -0.1) is 23.2 Å². The molecule has 21 heavy (non-hydrogen) atoms. The largest absolute Gasteiger partial charge is 0.268 e. The smallest absolute Gasteiger partial charge is 0.266 e. The molecule has 106 valence electrons. The van der Waals surface area contributed by atoms with Crippen LogP contribution in [0.25, 0.3) is 0 Å². The van der Waals surface area contributed by atoms with Crippen molar-refractivity contribution in [2.24, 2.45) is 0 Å². The van der Waals surface area contributed by atoms with Gasteiger partial charge < -0.3 is 0 Å². The summed E-state index contributed by atoms with van der Waals surface area (Å²) in [6, 6.07) is 12.2. The Labute approximate surface area is 132 Å². The lowest BCUT2D eigenvalue weighted by atomic mass is 10.1. The predicted molar refractivity (Wildman–Crippen MR) is 83.1 cm³/mol. The van der Waals surface area contributed by atoms with Crippen molar-refractivity contribution in [3.63, 3.8) is 0 Å². The minimum atomic E-state index is -0.334. The third kappa shape index (κ3) is 2.13. The Morgan fingerprint density at radius 1 is 0.762 bits per heavy atom. The highest BCUT2D eigenvalue weighted by Crippen LogP contribution is 2.34. The molecule has 0 unspecified atom stereocenters. The molecular formula is C16H11Cl2NO2. The SMILES string of the molecule is O=C1c2ccccc2C(=O)N1c1c(CCl)cccc1CCl. The van der Waals surface area contributed by atoms with Crippen molar-refractivity contribution in [2.45, 2.75) is 11.8 Å². The van der Waals surface area contributed by atoms with Gasteiger partial charge in [-0.2, -0.15) is 0 Å². The van der Waals surface area contributed by atoms with Gasteiger partial charge in [0.15, 0.2) is 0 Å². The average molecular weight is 320 g/mol. The maximum Gasteiger partial charge on any atom is 0.266 e. The van der Waals surface area contributed by atoms with Crippen molar-refractivity contribution in [1.82, 2.24) is 0 Å². The summed E-state index contributed by atoms with van der Waals surface area (Å²) in [7, 11) is 0. The van der Waals surface area contributed by atoms with Crippen LogP contribution in [0.1, 0.15) is 31.8 Å². The van der Waals surface area contributed by atoms with E-state index in [0.717, 1.165) is 0 Å². The van der Waals surface area contributed by atoms with Gasteiger partial charge in [-0.05, 0) is 23.3 Å². The molecule has 5 heteroatoms. The van der Waals surface area contributed by atoms with Crippen LogP contribution in [-0.4, -0.2) is 11.8 Å². The highest BCUT2D eigenvalue weighted by molar-refractivity contribution is 6.35. The van der Waals surface area contributed by atoms with Gasteiger partial charge in [-0.25, -0.2) is 4.90 Å². The molecule has 2 amide bonds. The summed E-state index contributed by atoms with van der Waals surface area (Å²) in [4.78, 5) is 26.3. The second kappa shape index (κ2) is 5.51. The van der Waals surface area contributed by atoms with Crippen LogP contribution in [0.3, 0.4) is 0 Å². The number of hydrogen-bond acceptors (Lipinski definition) is 2. The second-order valence-electron chi connectivity index (χ2n) is 4.68. The zero-order valence-electron chi connectivity index (χ0n) is 11.0. The van der Waals surface area contributed by atoms with Crippen molar-refractivity contribution in [1.29, 1.82) is 0 Å². The molecule has 0 spiro atoms. The van der Waals surface area contributed by atoms with Crippen molar-refractivity contribution >= 4 is 40.7 Å². The zero-order valence-corrected chi connectivity index (χ0v) is 12.5. The first kappa shape index (κ1) is 14.1. The lowest BCUT2D eigenvalue weighted by Crippen LogP contribution is -2.31. The normalized spacial score (nSPS) is 13.7. The van der Waals surface area contributed by atoms with Crippen molar-refractivity contribution in [3.05, 3.63) is 64.7 Å². The number of nitrogens with zero attached hydrogens (tertiary/aromatic N) is 1. The quantitative estimate of drug-likeness (QED) is 0.634. The predicted octanol–water partition coefficient (Wildman–Crippen LogP) is 3.96. The van der Waals surface area contributed by atoms with Crippen LogP contribution < -0.4 is 4.90 Å². The zero-order chi connectivity index (χ0) is 15.0. The molecule has 0 aliphatic carbocycles. The van der Waals surface area contributed by atoms with E-state index in [1.165, 1.54) is 4.90 Å². The van der Waals surface area contributed by atoms with Gasteiger partial charge in [0.25, 0.3) is 11.8 Å². The van der Waals surface area contributed by atoms with Crippen LogP contribution in [-0.2, 0) is 11.8 Å².